The van der Waals surface area contributed by atoms with Crippen LogP contribution in [0, 0.1) is 5.92 Å². The minimum Gasteiger partial charge on any atom is -0.481 e. The molecule has 3 rings (SSSR count). The fraction of sp³-hybridized carbons (Fsp3) is 0.400. The summed E-state index contributed by atoms with van der Waals surface area (Å²) < 4.78 is 1.64. The third-order valence-electron chi connectivity index (χ3n) is 4.02. The molecule has 0 aromatic carbocycles. The highest BCUT2D eigenvalue weighted by molar-refractivity contribution is 7.07. The molecule has 0 unspecified atom stereocenters. The number of thiophene rings is 1. The van der Waals surface area contributed by atoms with Crippen molar-refractivity contribution >= 4 is 23.2 Å². The first-order valence-electron chi connectivity index (χ1n) is 7.08. The van der Waals surface area contributed by atoms with Crippen LogP contribution in [0.1, 0.15) is 30.0 Å². The molecule has 1 amide bonds. The largest absolute Gasteiger partial charge is 0.481 e. The molecular weight excluding hydrogens is 302 g/mol. The Labute approximate surface area is 132 Å². The first kappa shape index (κ1) is 14.8. The lowest BCUT2D eigenvalue weighted by atomic mass is 9.85. The topological polar surface area (TPSA) is 75.4 Å². The highest BCUT2D eigenvalue weighted by atomic mass is 32.1. The quantitative estimate of drug-likeness (QED) is 0.936. The van der Waals surface area contributed by atoms with E-state index < -0.39 is 17.9 Å². The Balaban J connectivity index is 1.97. The number of likely N-dealkylation sites (tertiary alicyclic amines) is 1. The van der Waals surface area contributed by atoms with Crippen LogP contribution in [0.2, 0.25) is 0 Å². The second-order valence-corrected chi connectivity index (χ2v) is 6.31. The number of carboxylic acid groups (broad SMARTS) is 1. The Morgan fingerprint density at radius 3 is 2.95 bits per heavy atom. The molecule has 1 aliphatic rings. The van der Waals surface area contributed by atoms with Gasteiger partial charge in [0.05, 0.1) is 18.2 Å². The number of aliphatic carboxylic acids is 1. The van der Waals surface area contributed by atoms with E-state index in [4.69, 9.17) is 0 Å². The fourth-order valence-electron chi connectivity index (χ4n) is 2.98. The number of nitrogens with zero attached hydrogens (tertiary/aromatic N) is 3. The van der Waals surface area contributed by atoms with E-state index in [0.29, 0.717) is 13.0 Å². The molecule has 0 radical (unpaired) electrons. The van der Waals surface area contributed by atoms with Crippen molar-refractivity contribution in [3.8, 4) is 0 Å². The van der Waals surface area contributed by atoms with Gasteiger partial charge in [0, 0.05) is 31.8 Å². The van der Waals surface area contributed by atoms with Crippen molar-refractivity contribution in [2.24, 2.45) is 13.0 Å². The monoisotopic (exact) mass is 319 g/mol. The molecule has 3 heterocycles. The number of piperidine rings is 1. The normalized spacial score (nSPS) is 22.0. The molecule has 7 heteroatoms. The summed E-state index contributed by atoms with van der Waals surface area (Å²) in [5.74, 6) is -1.46. The maximum atomic E-state index is 12.4. The van der Waals surface area contributed by atoms with Gasteiger partial charge in [-0.05, 0) is 28.8 Å². The summed E-state index contributed by atoms with van der Waals surface area (Å²) in [4.78, 5) is 25.7. The summed E-state index contributed by atoms with van der Waals surface area (Å²) in [6, 6.07) is 1.50. The molecular formula is C15H17N3O3S. The number of aromatic nitrogens is 2. The summed E-state index contributed by atoms with van der Waals surface area (Å²) in [5, 5.41) is 17.6. The number of aryl methyl sites for hydroxylation is 1. The zero-order chi connectivity index (χ0) is 15.7. The van der Waals surface area contributed by atoms with Crippen LogP contribution in [-0.2, 0) is 23.2 Å². The lowest BCUT2D eigenvalue weighted by Gasteiger charge is -2.39. The van der Waals surface area contributed by atoms with Crippen LogP contribution in [-0.4, -0.2) is 31.7 Å². The molecule has 0 aliphatic carbocycles. The molecule has 0 saturated carbocycles. The summed E-state index contributed by atoms with van der Waals surface area (Å²) in [6.07, 6.45) is 4.09. The van der Waals surface area contributed by atoms with Gasteiger partial charge in [-0.3, -0.25) is 14.3 Å². The van der Waals surface area contributed by atoms with Crippen molar-refractivity contribution < 1.29 is 14.7 Å². The molecule has 116 valence electrons. The molecule has 2 aromatic heterocycles. The van der Waals surface area contributed by atoms with Crippen molar-refractivity contribution in [2.75, 3.05) is 0 Å². The van der Waals surface area contributed by atoms with Crippen molar-refractivity contribution in [3.63, 3.8) is 0 Å². The van der Waals surface area contributed by atoms with E-state index in [0.717, 1.165) is 11.1 Å². The van der Waals surface area contributed by atoms with Crippen LogP contribution in [0.5, 0.6) is 0 Å². The number of hydrogen-bond acceptors (Lipinski definition) is 4. The number of carboxylic acids is 1. The van der Waals surface area contributed by atoms with Gasteiger partial charge in [0.25, 0.3) is 0 Å². The number of amides is 1. The predicted molar refractivity (Wildman–Crippen MR) is 81.2 cm³/mol. The van der Waals surface area contributed by atoms with E-state index in [1.165, 1.54) is 0 Å². The van der Waals surface area contributed by atoms with E-state index in [1.807, 2.05) is 16.8 Å². The summed E-state index contributed by atoms with van der Waals surface area (Å²) in [7, 11) is 1.78. The molecule has 0 bridgehead atoms. The van der Waals surface area contributed by atoms with Crippen LogP contribution >= 0.6 is 11.3 Å². The van der Waals surface area contributed by atoms with Crippen molar-refractivity contribution in [1.29, 1.82) is 0 Å². The van der Waals surface area contributed by atoms with Gasteiger partial charge in [0.15, 0.2) is 0 Å². The molecule has 6 nitrogen and oxygen atoms in total. The number of carbonyl (C=O) groups is 2. The molecule has 2 aromatic rings. The lowest BCUT2D eigenvalue weighted by molar-refractivity contribution is -0.152. The number of carbonyl (C=O) groups excluding carboxylic acids is 1. The second kappa shape index (κ2) is 5.92. The summed E-state index contributed by atoms with van der Waals surface area (Å²) >= 11 is 1.57. The minimum atomic E-state index is -0.864. The maximum Gasteiger partial charge on any atom is 0.308 e. The van der Waals surface area contributed by atoms with Gasteiger partial charge < -0.3 is 10.0 Å². The van der Waals surface area contributed by atoms with Crippen LogP contribution in [0.25, 0.3) is 0 Å². The van der Waals surface area contributed by atoms with Gasteiger partial charge in [0.2, 0.25) is 5.91 Å². The molecule has 0 spiro atoms. The summed E-state index contributed by atoms with van der Waals surface area (Å²) in [5.41, 5.74) is 1.80. The third kappa shape index (κ3) is 2.76. The van der Waals surface area contributed by atoms with E-state index in [9.17, 15) is 14.7 Å². The second-order valence-electron chi connectivity index (χ2n) is 5.53. The van der Waals surface area contributed by atoms with Crippen LogP contribution < -0.4 is 0 Å². The smallest absolute Gasteiger partial charge is 0.308 e. The van der Waals surface area contributed by atoms with Gasteiger partial charge in [-0.25, -0.2) is 0 Å². The van der Waals surface area contributed by atoms with Gasteiger partial charge in [-0.1, -0.05) is 0 Å². The first-order chi connectivity index (χ1) is 10.6. The highest BCUT2D eigenvalue weighted by Gasteiger charge is 2.41. The van der Waals surface area contributed by atoms with Gasteiger partial charge >= 0.3 is 5.97 Å². The first-order valence-corrected chi connectivity index (χ1v) is 8.02. The van der Waals surface area contributed by atoms with Crippen LogP contribution in [0.15, 0.2) is 29.2 Å². The third-order valence-corrected chi connectivity index (χ3v) is 4.76. The van der Waals surface area contributed by atoms with Crippen molar-refractivity contribution in [2.45, 2.75) is 25.4 Å². The highest BCUT2D eigenvalue weighted by Crippen LogP contribution is 2.37. The zero-order valence-electron chi connectivity index (χ0n) is 12.2. The lowest BCUT2D eigenvalue weighted by Crippen LogP contribution is -2.44. The van der Waals surface area contributed by atoms with E-state index in [-0.39, 0.29) is 12.3 Å². The number of hydrogen-bond donors (Lipinski definition) is 1. The Hall–Kier alpha value is -2.15. The van der Waals surface area contributed by atoms with Crippen LogP contribution in [0.4, 0.5) is 0 Å². The zero-order valence-corrected chi connectivity index (χ0v) is 13.0. The fourth-order valence-corrected chi connectivity index (χ4v) is 3.64. The molecule has 1 fully saturated rings. The van der Waals surface area contributed by atoms with E-state index >= 15 is 0 Å². The standard InChI is InChI=1S/C15H17N3O3S/c1-17-8-11(6-16-17)14-12(15(20)21)2-3-13(19)18(14)7-10-4-5-22-9-10/h4-6,8-9,12,14H,2-3,7H2,1H3,(H,20,21)/t12-,14-/m1/s1. The van der Waals surface area contributed by atoms with Crippen molar-refractivity contribution in [1.82, 2.24) is 14.7 Å². The van der Waals surface area contributed by atoms with Gasteiger partial charge in [-0.15, -0.1) is 0 Å². The Bertz CT molecular complexity index is 680. The Morgan fingerprint density at radius 2 is 2.36 bits per heavy atom. The Morgan fingerprint density at radius 1 is 1.55 bits per heavy atom. The molecule has 1 saturated heterocycles. The molecule has 2 atom stereocenters. The number of rotatable bonds is 4. The van der Waals surface area contributed by atoms with Gasteiger partial charge in [0.1, 0.15) is 0 Å². The average Bonchev–Trinajstić information content (AvgIpc) is 3.12. The van der Waals surface area contributed by atoms with Crippen LogP contribution in [0.3, 0.4) is 0 Å². The predicted octanol–water partition coefficient (Wildman–Crippen LogP) is 2.05. The SMILES string of the molecule is Cn1cc([C@@H]2[C@H](C(=O)O)CCC(=O)N2Cc2ccsc2)cn1. The van der Waals surface area contributed by atoms with Gasteiger partial charge in [-0.2, -0.15) is 16.4 Å². The summed E-state index contributed by atoms with van der Waals surface area (Å²) in [6.45, 7) is 0.436. The Kier molecular flexibility index (Phi) is 3.98. The van der Waals surface area contributed by atoms with E-state index in [2.05, 4.69) is 5.10 Å². The average molecular weight is 319 g/mol. The minimum absolute atomic E-state index is 0.00227. The molecule has 22 heavy (non-hydrogen) atoms. The van der Waals surface area contributed by atoms with Crippen molar-refractivity contribution in [3.05, 3.63) is 40.3 Å². The molecule has 1 N–H and O–H groups in total. The molecule has 1 aliphatic heterocycles. The van der Waals surface area contributed by atoms with E-state index in [1.54, 1.807) is 40.4 Å². The maximum absolute atomic E-state index is 12.4.